The Morgan fingerprint density at radius 1 is 0.714 bits per heavy atom. The lowest BCUT2D eigenvalue weighted by Crippen LogP contribution is -2.50. The summed E-state index contributed by atoms with van der Waals surface area (Å²) >= 11 is 3.33. The van der Waals surface area contributed by atoms with E-state index < -0.39 is 20.0 Å². The van der Waals surface area contributed by atoms with E-state index in [0.717, 1.165) is 11.1 Å². The molecule has 3 rings (SSSR count). The maximum absolute atomic E-state index is 13.0. The van der Waals surface area contributed by atoms with Gasteiger partial charge in [-0.3, -0.25) is 0 Å². The van der Waals surface area contributed by atoms with Gasteiger partial charge in [-0.15, -0.1) is 0 Å². The number of hydrogen-bond donors (Lipinski definition) is 0. The summed E-state index contributed by atoms with van der Waals surface area (Å²) in [5.41, 5.74) is 2.51. The standard InChI is InChI=1S/C19H23BrN2O4S2/c1-14-5-7-18(17(20)12-14)27(23,24)21-8-10-22(11-9-21)28(25,26)19-13-15(2)4-6-16(19)3/h4-7,12-13H,8-11H2,1-3H3. The van der Waals surface area contributed by atoms with E-state index >= 15 is 0 Å². The molecule has 0 aliphatic carbocycles. The van der Waals surface area contributed by atoms with Gasteiger partial charge in [0.25, 0.3) is 0 Å². The third kappa shape index (κ3) is 4.04. The number of piperazine rings is 1. The molecule has 28 heavy (non-hydrogen) atoms. The van der Waals surface area contributed by atoms with Crippen molar-refractivity contribution in [2.75, 3.05) is 26.2 Å². The van der Waals surface area contributed by atoms with Gasteiger partial charge in [0.15, 0.2) is 0 Å². The van der Waals surface area contributed by atoms with Crippen LogP contribution in [-0.4, -0.2) is 51.6 Å². The summed E-state index contributed by atoms with van der Waals surface area (Å²) in [6.07, 6.45) is 0. The van der Waals surface area contributed by atoms with Crippen LogP contribution in [0.4, 0.5) is 0 Å². The number of nitrogens with zero attached hydrogens (tertiary/aromatic N) is 2. The van der Waals surface area contributed by atoms with Crippen LogP contribution in [0.3, 0.4) is 0 Å². The normalized spacial score (nSPS) is 17.0. The van der Waals surface area contributed by atoms with Gasteiger partial charge in [0, 0.05) is 30.7 Å². The molecule has 2 aromatic rings. The second-order valence-corrected chi connectivity index (χ2v) is 11.7. The molecule has 0 radical (unpaired) electrons. The van der Waals surface area contributed by atoms with Crippen molar-refractivity contribution in [1.82, 2.24) is 8.61 Å². The fraction of sp³-hybridized carbons (Fsp3) is 0.368. The van der Waals surface area contributed by atoms with Gasteiger partial charge in [0.05, 0.1) is 9.79 Å². The summed E-state index contributed by atoms with van der Waals surface area (Å²) in [7, 11) is -7.35. The first-order chi connectivity index (χ1) is 13.0. The van der Waals surface area contributed by atoms with Crippen molar-refractivity contribution < 1.29 is 16.8 Å². The van der Waals surface area contributed by atoms with Crippen LogP contribution in [0, 0.1) is 20.8 Å². The van der Waals surface area contributed by atoms with Crippen LogP contribution in [0.1, 0.15) is 16.7 Å². The van der Waals surface area contributed by atoms with Gasteiger partial charge in [0.1, 0.15) is 0 Å². The molecule has 0 saturated carbocycles. The van der Waals surface area contributed by atoms with Crippen LogP contribution in [0.15, 0.2) is 50.7 Å². The molecule has 9 heteroatoms. The molecule has 0 bridgehead atoms. The fourth-order valence-corrected chi connectivity index (χ4v) is 7.54. The zero-order chi connectivity index (χ0) is 20.7. The average molecular weight is 487 g/mol. The van der Waals surface area contributed by atoms with Gasteiger partial charge in [0.2, 0.25) is 20.0 Å². The number of hydrogen-bond acceptors (Lipinski definition) is 4. The highest BCUT2D eigenvalue weighted by Gasteiger charge is 2.35. The summed E-state index contributed by atoms with van der Waals surface area (Å²) in [6, 6.07) is 10.4. The van der Waals surface area contributed by atoms with Gasteiger partial charge in [-0.25, -0.2) is 16.8 Å². The highest BCUT2D eigenvalue weighted by molar-refractivity contribution is 9.10. The molecule has 1 aliphatic rings. The van der Waals surface area contributed by atoms with E-state index in [2.05, 4.69) is 15.9 Å². The molecule has 0 atom stereocenters. The molecular formula is C19H23BrN2O4S2. The smallest absolute Gasteiger partial charge is 0.207 e. The molecule has 1 fully saturated rings. The Bertz CT molecular complexity index is 1110. The Labute approximate surface area is 175 Å². The first-order valence-electron chi connectivity index (χ1n) is 8.87. The largest absolute Gasteiger partial charge is 0.244 e. The highest BCUT2D eigenvalue weighted by atomic mass is 79.9. The lowest BCUT2D eigenvalue weighted by Gasteiger charge is -2.33. The first-order valence-corrected chi connectivity index (χ1v) is 12.5. The molecule has 152 valence electrons. The zero-order valence-electron chi connectivity index (χ0n) is 16.0. The summed E-state index contributed by atoms with van der Waals surface area (Å²) in [5, 5.41) is 0. The van der Waals surface area contributed by atoms with Crippen molar-refractivity contribution in [3.63, 3.8) is 0 Å². The van der Waals surface area contributed by atoms with E-state index in [0.29, 0.717) is 10.0 Å². The van der Waals surface area contributed by atoms with E-state index in [4.69, 9.17) is 0 Å². The minimum atomic E-state index is -3.69. The van der Waals surface area contributed by atoms with Crippen LogP contribution < -0.4 is 0 Å². The van der Waals surface area contributed by atoms with Crippen molar-refractivity contribution in [3.05, 3.63) is 57.6 Å². The molecule has 2 aromatic carbocycles. The predicted octanol–water partition coefficient (Wildman–Crippen LogP) is 3.07. The molecule has 0 spiro atoms. The first kappa shape index (κ1) is 21.4. The monoisotopic (exact) mass is 486 g/mol. The zero-order valence-corrected chi connectivity index (χ0v) is 19.2. The molecule has 1 saturated heterocycles. The molecule has 0 amide bonds. The minimum Gasteiger partial charge on any atom is -0.207 e. The fourth-order valence-electron chi connectivity index (χ4n) is 3.23. The lowest BCUT2D eigenvalue weighted by molar-refractivity contribution is 0.272. The second kappa shape index (κ2) is 7.87. The van der Waals surface area contributed by atoms with Crippen molar-refractivity contribution in [2.45, 2.75) is 30.6 Å². The van der Waals surface area contributed by atoms with E-state index in [-0.39, 0.29) is 36.0 Å². The Kier molecular flexibility index (Phi) is 6.03. The van der Waals surface area contributed by atoms with Crippen LogP contribution in [0.25, 0.3) is 0 Å². The van der Waals surface area contributed by atoms with Gasteiger partial charge in [-0.05, 0) is 71.6 Å². The minimum absolute atomic E-state index is 0.118. The van der Waals surface area contributed by atoms with Gasteiger partial charge in [-0.1, -0.05) is 18.2 Å². The van der Waals surface area contributed by atoms with E-state index in [1.807, 2.05) is 19.9 Å². The van der Waals surface area contributed by atoms with Crippen molar-refractivity contribution in [1.29, 1.82) is 0 Å². The van der Waals surface area contributed by atoms with Crippen LogP contribution in [0.2, 0.25) is 0 Å². The third-order valence-electron chi connectivity index (χ3n) is 4.86. The molecule has 0 unspecified atom stereocenters. The summed E-state index contributed by atoms with van der Waals surface area (Å²) in [4.78, 5) is 0.481. The molecule has 6 nitrogen and oxygen atoms in total. The number of aryl methyl sites for hydroxylation is 3. The highest BCUT2D eigenvalue weighted by Crippen LogP contribution is 2.28. The molecular weight excluding hydrogens is 464 g/mol. The van der Waals surface area contributed by atoms with Crippen molar-refractivity contribution in [3.8, 4) is 0 Å². The average Bonchev–Trinajstić information content (AvgIpc) is 2.63. The Morgan fingerprint density at radius 2 is 1.18 bits per heavy atom. The Morgan fingerprint density at radius 3 is 1.71 bits per heavy atom. The van der Waals surface area contributed by atoms with Crippen LogP contribution >= 0.6 is 15.9 Å². The molecule has 1 heterocycles. The van der Waals surface area contributed by atoms with Gasteiger partial charge < -0.3 is 0 Å². The predicted molar refractivity (Wildman–Crippen MR) is 112 cm³/mol. The number of halogens is 1. The van der Waals surface area contributed by atoms with Crippen LogP contribution in [-0.2, 0) is 20.0 Å². The molecule has 0 N–H and O–H groups in total. The van der Waals surface area contributed by atoms with E-state index in [1.165, 1.54) is 8.61 Å². The van der Waals surface area contributed by atoms with Crippen molar-refractivity contribution >= 4 is 36.0 Å². The quantitative estimate of drug-likeness (QED) is 0.665. The van der Waals surface area contributed by atoms with Gasteiger partial charge >= 0.3 is 0 Å². The Hall–Kier alpha value is -1.26. The number of sulfonamides is 2. The summed E-state index contributed by atoms with van der Waals surface area (Å²) < 4.78 is 55.2. The maximum atomic E-state index is 13.0. The number of rotatable bonds is 4. The Balaban J connectivity index is 1.81. The topological polar surface area (TPSA) is 74.8 Å². The third-order valence-corrected chi connectivity index (χ3v) is 9.78. The molecule has 1 aliphatic heterocycles. The number of benzene rings is 2. The lowest BCUT2D eigenvalue weighted by atomic mass is 10.2. The summed E-state index contributed by atoms with van der Waals surface area (Å²) in [6.45, 7) is 5.98. The summed E-state index contributed by atoms with van der Waals surface area (Å²) in [5.74, 6) is 0. The maximum Gasteiger partial charge on any atom is 0.244 e. The van der Waals surface area contributed by atoms with Gasteiger partial charge in [-0.2, -0.15) is 8.61 Å². The van der Waals surface area contributed by atoms with E-state index in [9.17, 15) is 16.8 Å². The van der Waals surface area contributed by atoms with Crippen molar-refractivity contribution in [2.24, 2.45) is 0 Å². The second-order valence-electron chi connectivity index (χ2n) is 7.01. The van der Waals surface area contributed by atoms with E-state index in [1.54, 1.807) is 37.3 Å². The van der Waals surface area contributed by atoms with Crippen LogP contribution in [0.5, 0.6) is 0 Å². The molecule has 0 aromatic heterocycles. The SMILES string of the molecule is Cc1ccc(S(=O)(=O)N2CCN(S(=O)(=O)c3cc(C)ccc3C)CC2)c(Br)c1.